The van der Waals surface area contributed by atoms with Gasteiger partial charge in [0.2, 0.25) is 0 Å². The second-order valence-corrected chi connectivity index (χ2v) is 6.20. The Morgan fingerprint density at radius 1 is 1.00 bits per heavy atom. The molecule has 0 aliphatic carbocycles. The third-order valence-corrected chi connectivity index (χ3v) is 4.04. The van der Waals surface area contributed by atoms with Crippen LogP contribution in [0.3, 0.4) is 0 Å². The molecule has 0 unspecified atom stereocenters. The van der Waals surface area contributed by atoms with Gasteiger partial charge in [0.15, 0.2) is 5.11 Å². The highest BCUT2D eigenvalue weighted by Gasteiger charge is 2.11. The minimum absolute atomic E-state index is 0.228. The van der Waals surface area contributed by atoms with Crippen molar-refractivity contribution in [1.82, 2.24) is 5.32 Å². The lowest BCUT2D eigenvalue weighted by Crippen LogP contribution is -2.32. The van der Waals surface area contributed by atoms with E-state index in [0.717, 1.165) is 12.1 Å². The maximum Gasteiger partial charge on any atom is 0.171 e. The fraction of sp³-hybridized carbons (Fsp3) is 0.316. The molecule has 0 saturated heterocycles. The Bertz CT molecular complexity index is 647. The molecule has 0 aliphatic heterocycles. The summed E-state index contributed by atoms with van der Waals surface area (Å²) in [6, 6.07) is 15.2. The Hall–Kier alpha value is -1.87. The van der Waals surface area contributed by atoms with Gasteiger partial charge in [0.1, 0.15) is 0 Å². The van der Waals surface area contributed by atoms with Gasteiger partial charge in [0.25, 0.3) is 0 Å². The largest absolute Gasteiger partial charge is 0.356 e. The molecule has 22 heavy (non-hydrogen) atoms. The summed E-state index contributed by atoms with van der Waals surface area (Å²) in [6.45, 7) is 8.45. The van der Waals surface area contributed by atoms with Crippen molar-refractivity contribution in [2.45, 2.75) is 40.2 Å². The molecule has 0 amide bonds. The Balaban J connectivity index is 2.04. The van der Waals surface area contributed by atoms with Crippen molar-refractivity contribution in [2.75, 3.05) is 5.32 Å². The SMILES string of the molecule is CC[C@@H](NC(=S)Nc1ccc(C)cc1C)c1ccc(C)cc1. The molecule has 1 atom stereocenters. The van der Waals surface area contributed by atoms with Crippen LogP contribution in [0.5, 0.6) is 0 Å². The van der Waals surface area contributed by atoms with E-state index in [1.807, 2.05) is 0 Å². The van der Waals surface area contributed by atoms with E-state index in [1.165, 1.54) is 22.3 Å². The van der Waals surface area contributed by atoms with Crippen LogP contribution in [-0.2, 0) is 0 Å². The molecule has 0 saturated carbocycles. The fourth-order valence-electron chi connectivity index (χ4n) is 2.49. The molecule has 0 spiro atoms. The van der Waals surface area contributed by atoms with Crippen molar-refractivity contribution >= 4 is 23.0 Å². The first kappa shape index (κ1) is 16.5. The minimum atomic E-state index is 0.228. The maximum atomic E-state index is 5.47. The molecule has 0 fully saturated rings. The fourth-order valence-corrected chi connectivity index (χ4v) is 2.74. The van der Waals surface area contributed by atoms with Gasteiger partial charge in [0, 0.05) is 5.69 Å². The Morgan fingerprint density at radius 3 is 2.23 bits per heavy atom. The van der Waals surface area contributed by atoms with Gasteiger partial charge in [-0.15, -0.1) is 0 Å². The van der Waals surface area contributed by atoms with Crippen LogP contribution in [0.1, 0.15) is 41.6 Å². The Labute approximate surface area is 139 Å². The van der Waals surface area contributed by atoms with Gasteiger partial charge in [0.05, 0.1) is 6.04 Å². The molecule has 2 nitrogen and oxygen atoms in total. The third-order valence-electron chi connectivity index (χ3n) is 3.82. The lowest BCUT2D eigenvalue weighted by molar-refractivity contribution is 0.629. The van der Waals surface area contributed by atoms with Crippen LogP contribution in [0, 0.1) is 20.8 Å². The van der Waals surface area contributed by atoms with Crippen molar-refractivity contribution in [3.8, 4) is 0 Å². The van der Waals surface area contributed by atoms with Crippen LogP contribution in [0.2, 0.25) is 0 Å². The number of thiocarbonyl (C=S) groups is 1. The van der Waals surface area contributed by atoms with Gasteiger partial charge < -0.3 is 10.6 Å². The number of nitrogens with one attached hydrogen (secondary N) is 2. The van der Waals surface area contributed by atoms with E-state index in [1.54, 1.807) is 0 Å². The lowest BCUT2D eigenvalue weighted by Gasteiger charge is -2.21. The van der Waals surface area contributed by atoms with Crippen LogP contribution < -0.4 is 10.6 Å². The quantitative estimate of drug-likeness (QED) is 0.773. The molecule has 0 aromatic heterocycles. The number of hydrogen-bond donors (Lipinski definition) is 2. The molecule has 2 aromatic rings. The highest BCUT2D eigenvalue weighted by molar-refractivity contribution is 7.80. The van der Waals surface area contributed by atoms with Crippen molar-refractivity contribution < 1.29 is 0 Å². The normalized spacial score (nSPS) is 11.8. The van der Waals surface area contributed by atoms with E-state index < -0.39 is 0 Å². The standard InChI is InChI=1S/C19H24N2S/c1-5-17(16-9-6-13(2)7-10-16)20-19(22)21-18-11-8-14(3)12-15(18)4/h6-12,17H,5H2,1-4H3,(H2,20,21,22)/t17-/m1/s1. The summed E-state index contributed by atoms with van der Waals surface area (Å²) in [5.41, 5.74) is 6.05. The van der Waals surface area contributed by atoms with Crippen LogP contribution in [0.15, 0.2) is 42.5 Å². The van der Waals surface area contributed by atoms with Crippen LogP contribution >= 0.6 is 12.2 Å². The Morgan fingerprint density at radius 2 is 1.64 bits per heavy atom. The van der Waals surface area contributed by atoms with Crippen LogP contribution in [-0.4, -0.2) is 5.11 Å². The summed E-state index contributed by atoms with van der Waals surface area (Å²) in [6.07, 6.45) is 0.984. The van der Waals surface area contributed by atoms with E-state index in [4.69, 9.17) is 12.2 Å². The highest BCUT2D eigenvalue weighted by Crippen LogP contribution is 2.19. The number of hydrogen-bond acceptors (Lipinski definition) is 1. The smallest absolute Gasteiger partial charge is 0.171 e. The van der Waals surface area contributed by atoms with E-state index in [0.29, 0.717) is 5.11 Å². The number of rotatable bonds is 4. The molecule has 2 rings (SSSR count). The minimum Gasteiger partial charge on any atom is -0.356 e. The van der Waals surface area contributed by atoms with E-state index in [-0.39, 0.29) is 6.04 Å². The van der Waals surface area contributed by atoms with Gasteiger partial charge in [-0.3, -0.25) is 0 Å². The van der Waals surface area contributed by atoms with Gasteiger partial charge in [-0.05, 0) is 56.6 Å². The lowest BCUT2D eigenvalue weighted by atomic mass is 10.0. The van der Waals surface area contributed by atoms with Crippen molar-refractivity contribution in [3.63, 3.8) is 0 Å². The van der Waals surface area contributed by atoms with Gasteiger partial charge >= 0.3 is 0 Å². The summed E-state index contributed by atoms with van der Waals surface area (Å²) in [5.74, 6) is 0. The molecule has 116 valence electrons. The topological polar surface area (TPSA) is 24.1 Å². The average Bonchev–Trinajstić information content (AvgIpc) is 2.49. The zero-order chi connectivity index (χ0) is 16.1. The molecule has 0 heterocycles. The maximum absolute atomic E-state index is 5.47. The van der Waals surface area contributed by atoms with Crippen molar-refractivity contribution in [1.29, 1.82) is 0 Å². The van der Waals surface area contributed by atoms with Crippen molar-refractivity contribution in [3.05, 3.63) is 64.7 Å². The summed E-state index contributed by atoms with van der Waals surface area (Å²) >= 11 is 5.47. The molecule has 0 bridgehead atoms. The summed E-state index contributed by atoms with van der Waals surface area (Å²) < 4.78 is 0. The van der Waals surface area contributed by atoms with Gasteiger partial charge in [-0.1, -0.05) is 54.4 Å². The molecule has 0 aliphatic rings. The van der Waals surface area contributed by atoms with Gasteiger partial charge in [-0.2, -0.15) is 0 Å². The van der Waals surface area contributed by atoms with E-state index in [2.05, 4.69) is 80.8 Å². The monoisotopic (exact) mass is 312 g/mol. The predicted octanol–water partition coefficient (Wildman–Crippen LogP) is 5.05. The molecule has 3 heteroatoms. The third kappa shape index (κ3) is 4.31. The molecule has 2 aromatic carbocycles. The zero-order valence-corrected chi connectivity index (χ0v) is 14.6. The van der Waals surface area contributed by atoms with Crippen molar-refractivity contribution in [2.24, 2.45) is 0 Å². The summed E-state index contributed by atoms with van der Waals surface area (Å²) in [7, 11) is 0. The van der Waals surface area contributed by atoms with E-state index >= 15 is 0 Å². The summed E-state index contributed by atoms with van der Waals surface area (Å²) in [5, 5.41) is 7.38. The second-order valence-electron chi connectivity index (χ2n) is 5.79. The van der Waals surface area contributed by atoms with Crippen LogP contribution in [0.4, 0.5) is 5.69 Å². The average molecular weight is 312 g/mol. The first-order valence-electron chi connectivity index (χ1n) is 7.71. The zero-order valence-electron chi connectivity index (χ0n) is 13.7. The molecule has 2 N–H and O–H groups in total. The molecule has 0 radical (unpaired) electrons. The highest BCUT2D eigenvalue weighted by atomic mass is 32.1. The Kier molecular flexibility index (Phi) is 5.56. The van der Waals surface area contributed by atoms with Gasteiger partial charge in [-0.25, -0.2) is 0 Å². The first-order chi connectivity index (χ1) is 10.5. The molecular weight excluding hydrogens is 288 g/mol. The number of aryl methyl sites for hydroxylation is 3. The second kappa shape index (κ2) is 7.41. The number of anilines is 1. The van der Waals surface area contributed by atoms with Crippen LogP contribution in [0.25, 0.3) is 0 Å². The first-order valence-corrected chi connectivity index (χ1v) is 8.11. The van der Waals surface area contributed by atoms with E-state index in [9.17, 15) is 0 Å². The number of benzene rings is 2. The predicted molar refractivity (Wildman–Crippen MR) is 99.5 cm³/mol. The molecular formula is C19H24N2S. The summed E-state index contributed by atoms with van der Waals surface area (Å²) in [4.78, 5) is 0.